The third-order valence-electron chi connectivity index (χ3n) is 6.52. The van der Waals surface area contributed by atoms with Crippen LogP contribution in [-0.2, 0) is 4.74 Å². The highest BCUT2D eigenvalue weighted by atomic mass is 19.3. The lowest BCUT2D eigenvalue weighted by molar-refractivity contribution is -0.0492. The van der Waals surface area contributed by atoms with E-state index in [0.29, 0.717) is 22.5 Å². The molecule has 4 heterocycles. The summed E-state index contributed by atoms with van der Waals surface area (Å²) in [7, 11) is 0. The number of pyridine rings is 1. The number of fused-ring (bicyclic) bond motifs is 1. The van der Waals surface area contributed by atoms with Gasteiger partial charge in [0.25, 0.3) is 6.43 Å². The number of alkyl carbamates (subject to hydrolysis) is 1. The van der Waals surface area contributed by atoms with E-state index in [-0.39, 0.29) is 53.3 Å². The number of anilines is 3. The maximum absolute atomic E-state index is 14.2. The van der Waals surface area contributed by atoms with Crippen LogP contribution < -0.4 is 20.3 Å². The summed E-state index contributed by atoms with van der Waals surface area (Å²) in [5, 5.41) is 13.6. The first-order chi connectivity index (χ1) is 20.3. The van der Waals surface area contributed by atoms with Crippen LogP contribution in [-0.4, -0.2) is 62.2 Å². The molecule has 4 aromatic rings. The number of imidazole rings is 1. The summed E-state index contributed by atoms with van der Waals surface area (Å²) in [5.74, 6) is 0.416. The minimum absolute atomic E-state index is 0.0503. The average molecular weight is 603 g/mol. The number of hydrogen-bond acceptors (Lipinski definition) is 9. The third-order valence-corrected chi connectivity index (χ3v) is 6.52. The zero-order valence-electron chi connectivity index (χ0n) is 24.0. The van der Waals surface area contributed by atoms with Crippen LogP contribution in [0, 0.1) is 13.8 Å². The topological polar surface area (TPSA) is 119 Å². The summed E-state index contributed by atoms with van der Waals surface area (Å²) in [6, 6.07) is 7.37. The Bertz CT molecular complexity index is 1630. The second-order valence-electron chi connectivity index (χ2n) is 11.1. The van der Waals surface area contributed by atoms with Crippen LogP contribution in [0.5, 0.6) is 5.75 Å². The molecule has 0 unspecified atom stereocenters. The Kier molecular flexibility index (Phi) is 7.99. The van der Waals surface area contributed by atoms with Gasteiger partial charge in [-0.1, -0.05) is 0 Å². The van der Waals surface area contributed by atoms with E-state index in [1.807, 2.05) is 0 Å². The van der Waals surface area contributed by atoms with E-state index in [0.717, 1.165) is 0 Å². The summed E-state index contributed by atoms with van der Waals surface area (Å²) in [4.78, 5) is 22.7. The first kappa shape index (κ1) is 29.8. The fourth-order valence-electron chi connectivity index (χ4n) is 4.61. The Morgan fingerprint density at radius 2 is 1.81 bits per heavy atom. The summed E-state index contributed by atoms with van der Waals surface area (Å²) in [6.07, 6.45) is -1.99. The molecule has 1 aromatic carbocycles. The fraction of sp³-hybridized carbons (Fsp3) is 0.393. The minimum atomic E-state index is -3.12. The minimum Gasteiger partial charge on any atom is -0.444 e. The Labute approximate surface area is 244 Å². The second-order valence-corrected chi connectivity index (χ2v) is 11.1. The highest BCUT2D eigenvalue weighted by molar-refractivity contribution is 5.86. The van der Waals surface area contributed by atoms with Crippen LogP contribution >= 0.6 is 0 Å². The number of hydrogen-bond donors (Lipinski definition) is 2. The molecule has 5 rings (SSSR count). The Balaban J connectivity index is 1.47. The van der Waals surface area contributed by atoms with Gasteiger partial charge in [-0.3, -0.25) is 4.57 Å². The number of rotatable bonds is 8. The van der Waals surface area contributed by atoms with Crippen LogP contribution in [0.1, 0.15) is 44.0 Å². The van der Waals surface area contributed by atoms with Gasteiger partial charge in [0.05, 0.1) is 34.0 Å². The number of nitrogens with one attached hydrogen (secondary N) is 2. The van der Waals surface area contributed by atoms with Gasteiger partial charge in [-0.15, -0.1) is 5.10 Å². The highest BCUT2D eigenvalue weighted by Crippen LogP contribution is 2.37. The second kappa shape index (κ2) is 11.5. The lowest BCUT2D eigenvalue weighted by atomic mass is 10.0. The summed E-state index contributed by atoms with van der Waals surface area (Å²) in [6.45, 7) is 5.88. The highest BCUT2D eigenvalue weighted by Gasteiger charge is 2.34. The van der Waals surface area contributed by atoms with Crippen molar-refractivity contribution < 1.29 is 31.8 Å². The molecule has 15 heteroatoms. The Hall–Kier alpha value is -4.69. The van der Waals surface area contributed by atoms with E-state index in [1.165, 1.54) is 29.1 Å². The normalized spacial score (nSPS) is 13.9. The number of alkyl halides is 4. The molecule has 1 fully saturated rings. The van der Waals surface area contributed by atoms with Crippen molar-refractivity contribution in [2.75, 3.05) is 23.3 Å². The zero-order valence-corrected chi connectivity index (χ0v) is 24.0. The van der Waals surface area contributed by atoms with Crippen molar-refractivity contribution in [3.8, 4) is 11.6 Å². The Morgan fingerprint density at radius 1 is 1.07 bits per heavy atom. The summed E-state index contributed by atoms with van der Waals surface area (Å²) < 4.78 is 66.6. The van der Waals surface area contributed by atoms with Crippen molar-refractivity contribution in [1.82, 2.24) is 30.0 Å². The quantitative estimate of drug-likeness (QED) is 0.240. The van der Waals surface area contributed by atoms with Crippen molar-refractivity contribution in [2.24, 2.45) is 0 Å². The molecule has 228 valence electrons. The van der Waals surface area contributed by atoms with Crippen molar-refractivity contribution in [3.63, 3.8) is 0 Å². The standard InChI is InChI=1S/C28H30F4N8O3/c1-14-8-22(36-25(23(14)24(29)30)39-11-16(12-39)34-27(41)43-28(3,4)5)40-13-33-17-9-18(20(10-19(17)40)42-26(31)32)35-21-7-6-15(2)37-38-21/h6-10,13,16,24,26H,11-12H2,1-5H3,(H,34,41)(H,35,38). The van der Waals surface area contributed by atoms with E-state index in [2.05, 4.69) is 30.8 Å². The number of carbonyl (C=O) groups excluding carboxylic acids is 1. The number of amides is 1. The molecular formula is C28H30F4N8O3. The number of ether oxygens (including phenoxy) is 2. The molecule has 0 aliphatic carbocycles. The molecule has 0 saturated carbocycles. The van der Waals surface area contributed by atoms with Gasteiger partial charge in [0.1, 0.15) is 23.6 Å². The SMILES string of the molecule is Cc1ccc(Nc2cc3ncn(-c4cc(C)c(C(F)F)c(N5CC(NC(=O)OC(C)(C)C)C5)n4)c3cc2OC(F)F)nn1. The first-order valence-electron chi connectivity index (χ1n) is 13.3. The number of benzene rings is 1. The van der Waals surface area contributed by atoms with Crippen LogP contribution in [0.2, 0.25) is 0 Å². The van der Waals surface area contributed by atoms with E-state index in [1.54, 1.807) is 51.7 Å². The smallest absolute Gasteiger partial charge is 0.407 e. The molecule has 1 amide bonds. The van der Waals surface area contributed by atoms with Gasteiger partial charge in [-0.05, 0) is 64.4 Å². The molecule has 0 spiro atoms. The van der Waals surface area contributed by atoms with Gasteiger partial charge >= 0.3 is 12.7 Å². The van der Waals surface area contributed by atoms with Crippen molar-refractivity contribution in [1.29, 1.82) is 0 Å². The number of halogens is 4. The lowest BCUT2D eigenvalue weighted by Gasteiger charge is -2.41. The molecule has 1 aliphatic heterocycles. The van der Waals surface area contributed by atoms with E-state index in [4.69, 9.17) is 9.47 Å². The first-order valence-corrected chi connectivity index (χ1v) is 13.3. The summed E-state index contributed by atoms with van der Waals surface area (Å²) in [5.41, 5.74) is 0.968. The van der Waals surface area contributed by atoms with Crippen molar-refractivity contribution >= 4 is 34.4 Å². The Morgan fingerprint density at radius 3 is 2.44 bits per heavy atom. The van der Waals surface area contributed by atoms with Crippen molar-refractivity contribution in [2.45, 2.75) is 59.3 Å². The fourth-order valence-corrected chi connectivity index (χ4v) is 4.61. The van der Waals surface area contributed by atoms with Crippen LogP contribution in [0.4, 0.5) is 39.7 Å². The van der Waals surface area contributed by atoms with E-state index >= 15 is 0 Å². The molecule has 1 aliphatic rings. The molecule has 2 N–H and O–H groups in total. The van der Waals surface area contributed by atoms with Gasteiger partial charge in [-0.25, -0.2) is 23.5 Å². The molecule has 43 heavy (non-hydrogen) atoms. The molecule has 0 bridgehead atoms. The monoisotopic (exact) mass is 602 g/mol. The number of aryl methyl sites for hydroxylation is 2. The average Bonchev–Trinajstić information content (AvgIpc) is 3.28. The zero-order chi connectivity index (χ0) is 31.1. The van der Waals surface area contributed by atoms with Crippen LogP contribution in [0.3, 0.4) is 0 Å². The van der Waals surface area contributed by atoms with Crippen LogP contribution in [0.25, 0.3) is 16.9 Å². The van der Waals surface area contributed by atoms with Gasteiger partial charge < -0.3 is 25.0 Å². The predicted molar refractivity (Wildman–Crippen MR) is 151 cm³/mol. The van der Waals surface area contributed by atoms with Gasteiger partial charge in [0.15, 0.2) is 11.6 Å². The summed E-state index contributed by atoms with van der Waals surface area (Å²) >= 11 is 0. The molecule has 1 saturated heterocycles. The van der Waals surface area contributed by atoms with Crippen molar-refractivity contribution in [3.05, 3.63) is 53.5 Å². The maximum Gasteiger partial charge on any atom is 0.407 e. The third kappa shape index (κ3) is 6.70. The molecule has 11 nitrogen and oxygen atoms in total. The van der Waals surface area contributed by atoms with Gasteiger partial charge in [-0.2, -0.15) is 13.9 Å². The van der Waals surface area contributed by atoms with E-state index < -0.39 is 24.7 Å². The molecular weight excluding hydrogens is 572 g/mol. The van der Waals surface area contributed by atoms with Gasteiger partial charge in [0.2, 0.25) is 0 Å². The largest absolute Gasteiger partial charge is 0.444 e. The molecule has 0 atom stereocenters. The van der Waals surface area contributed by atoms with E-state index in [9.17, 15) is 22.4 Å². The number of nitrogens with zero attached hydrogens (tertiary/aromatic N) is 6. The maximum atomic E-state index is 14.2. The number of aromatic nitrogens is 5. The predicted octanol–water partition coefficient (Wildman–Crippen LogP) is 5.82. The molecule has 0 radical (unpaired) electrons. The molecule has 3 aromatic heterocycles. The number of carbonyl (C=O) groups is 1. The van der Waals surface area contributed by atoms with Gasteiger partial charge in [0, 0.05) is 19.2 Å². The lowest BCUT2D eigenvalue weighted by Crippen LogP contribution is -2.60. The van der Waals surface area contributed by atoms with Crippen LogP contribution in [0.15, 0.2) is 36.7 Å².